The third-order valence-corrected chi connectivity index (χ3v) is 3.00. The van der Waals surface area contributed by atoms with Gasteiger partial charge in [-0.1, -0.05) is 26.7 Å². The summed E-state index contributed by atoms with van der Waals surface area (Å²) in [4.78, 5) is 0. The molecule has 3 N–H and O–H groups in total. The van der Waals surface area contributed by atoms with E-state index in [0.29, 0.717) is 5.92 Å². The van der Waals surface area contributed by atoms with E-state index in [1.165, 1.54) is 32.2 Å². The molecule has 1 fully saturated rings. The first-order valence-corrected chi connectivity index (χ1v) is 6.13. The smallest absolute Gasteiger partial charge is 0.000836 e. The SMILES string of the molecule is CC(C)CC(CN)CNCCC1CC1. The molecule has 1 atom stereocenters. The first-order chi connectivity index (χ1) is 6.72. The van der Waals surface area contributed by atoms with Gasteiger partial charge in [0, 0.05) is 0 Å². The number of hydrogen-bond donors (Lipinski definition) is 2. The maximum Gasteiger partial charge on any atom is -0.000836 e. The molecule has 1 aliphatic carbocycles. The molecule has 0 spiro atoms. The number of nitrogens with two attached hydrogens (primary N) is 1. The summed E-state index contributed by atoms with van der Waals surface area (Å²) in [7, 11) is 0. The first-order valence-electron chi connectivity index (χ1n) is 6.13. The molecule has 0 aromatic rings. The molecule has 0 saturated heterocycles. The minimum Gasteiger partial charge on any atom is -0.330 e. The highest BCUT2D eigenvalue weighted by Crippen LogP contribution is 2.31. The molecule has 84 valence electrons. The van der Waals surface area contributed by atoms with Gasteiger partial charge in [-0.3, -0.25) is 0 Å². The van der Waals surface area contributed by atoms with Crippen molar-refractivity contribution < 1.29 is 0 Å². The van der Waals surface area contributed by atoms with Gasteiger partial charge >= 0.3 is 0 Å². The van der Waals surface area contributed by atoms with Crippen LogP contribution in [0.1, 0.15) is 39.5 Å². The highest BCUT2D eigenvalue weighted by molar-refractivity contribution is 4.74. The minimum absolute atomic E-state index is 0.675. The van der Waals surface area contributed by atoms with Gasteiger partial charge in [0.15, 0.2) is 0 Å². The normalized spacial score (nSPS) is 18.9. The molecule has 0 aromatic heterocycles. The molecule has 14 heavy (non-hydrogen) atoms. The lowest BCUT2D eigenvalue weighted by atomic mass is 9.97. The van der Waals surface area contributed by atoms with E-state index in [9.17, 15) is 0 Å². The van der Waals surface area contributed by atoms with Gasteiger partial charge in [0.25, 0.3) is 0 Å². The van der Waals surface area contributed by atoms with Crippen molar-refractivity contribution in [1.29, 1.82) is 0 Å². The fourth-order valence-electron chi connectivity index (χ4n) is 1.95. The standard InChI is InChI=1S/C12H26N2/c1-10(2)7-12(8-13)9-14-6-5-11-3-4-11/h10-12,14H,3-9,13H2,1-2H3. The average molecular weight is 198 g/mol. The second kappa shape index (κ2) is 6.41. The van der Waals surface area contributed by atoms with Gasteiger partial charge < -0.3 is 11.1 Å². The van der Waals surface area contributed by atoms with Crippen molar-refractivity contribution >= 4 is 0 Å². The van der Waals surface area contributed by atoms with Crippen LogP contribution in [0, 0.1) is 17.8 Å². The highest BCUT2D eigenvalue weighted by atomic mass is 14.9. The molecule has 1 saturated carbocycles. The predicted molar refractivity (Wildman–Crippen MR) is 62.2 cm³/mol. The van der Waals surface area contributed by atoms with Gasteiger partial charge in [-0.15, -0.1) is 0 Å². The Labute approximate surface area is 88.6 Å². The number of rotatable bonds is 8. The Morgan fingerprint density at radius 2 is 2.07 bits per heavy atom. The first kappa shape index (κ1) is 12.0. The van der Waals surface area contributed by atoms with E-state index in [2.05, 4.69) is 19.2 Å². The molecule has 0 aromatic carbocycles. The van der Waals surface area contributed by atoms with Crippen molar-refractivity contribution in [3.8, 4) is 0 Å². The Bertz CT molecular complexity index is 141. The van der Waals surface area contributed by atoms with E-state index in [1.807, 2.05) is 0 Å². The topological polar surface area (TPSA) is 38.0 Å². The zero-order valence-corrected chi connectivity index (χ0v) is 9.76. The van der Waals surface area contributed by atoms with Crippen LogP contribution in [0.25, 0.3) is 0 Å². The Kier molecular flexibility index (Phi) is 5.49. The molecule has 0 bridgehead atoms. The monoisotopic (exact) mass is 198 g/mol. The highest BCUT2D eigenvalue weighted by Gasteiger charge is 2.20. The van der Waals surface area contributed by atoms with Crippen molar-refractivity contribution in [2.24, 2.45) is 23.5 Å². The lowest BCUT2D eigenvalue weighted by Crippen LogP contribution is -2.30. The Morgan fingerprint density at radius 1 is 1.36 bits per heavy atom. The van der Waals surface area contributed by atoms with Gasteiger partial charge in [-0.25, -0.2) is 0 Å². The van der Waals surface area contributed by atoms with Crippen LogP contribution in [0.2, 0.25) is 0 Å². The lowest BCUT2D eigenvalue weighted by molar-refractivity contribution is 0.392. The van der Waals surface area contributed by atoms with Gasteiger partial charge in [0.1, 0.15) is 0 Å². The van der Waals surface area contributed by atoms with Crippen LogP contribution >= 0.6 is 0 Å². The van der Waals surface area contributed by atoms with Gasteiger partial charge in [-0.05, 0) is 50.2 Å². The van der Waals surface area contributed by atoms with Crippen LogP contribution in [-0.2, 0) is 0 Å². The van der Waals surface area contributed by atoms with Crippen molar-refractivity contribution in [2.75, 3.05) is 19.6 Å². The van der Waals surface area contributed by atoms with Crippen LogP contribution < -0.4 is 11.1 Å². The summed E-state index contributed by atoms with van der Waals surface area (Å²) in [5.74, 6) is 2.49. The molecule has 2 heteroatoms. The summed E-state index contributed by atoms with van der Waals surface area (Å²) in [6, 6.07) is 0. The van der Waals surface area contributed by atoms with Crippen molar-refractivity contribution in [3.63, 3.8) is 0 Å². The third-order valence-electron chi connectivity index (χ3n) is 3.00. The maximum atomic E-state index is 5.74. The quantitative estimate of drug-likeness (QED) is 0.585. The van der Waals surface area contributed by atoms with Crippen LogP contribution in [0.15, 0.2) is 0 Å². The second-order valence-corrected chi connectivity index (χ2v) is 5.17. The summed E-state index contributed by atoms with van der Waals surface area (Å²) < 4.78 is 0. The molecule has 1 rings (SSSR count). The number of hydrogen-bond acceptors (Lipinski definition) is 2. The molecule has 1 unspecified atom stereocenters. The van der Waals surface area contributed by atoms with Crippen molar-refractivity contribution in [2.45, 2.75) is 39.5 Å². The molecule has 0 amide bonds. The summed E-state index contributed by atoms with van der Waals surface area (Å²) in [6.45, 7) is 7.68. The Balaban J connectivity index is 1.95. The van der Waals surface area contributed by atoms with Gasteiger partial charge in [0.05, 0.1) is 0 Å². The minimum atomic E-state index is 0.675. The molecule has 2 nitrogen and oxygen atoms in total. The van der Waals surface area contributed by atoms with E-state index in [4.69, 9.17) is 5.73 Å². The Morgan fingerprint density at radius 3 is 2.57 bits per heavy atom. The fourth-order valence-corrected chi connectivity index (χ4v) is 1.95. The van der Waals surface area contributed by atoms with Crippen molar-refractivity contribution in [1.82, 2.24) is 5.32 Å². The van der Waals surface area contributed by atoms with E-state index in [1.54, 1.807) is 0 Å². The van der Waals surface area contributed by atoms with E-state index in [-0.39, 0.29) is 0 Å². The summed E-state index contributed by atoms with van der Waals surface area (Å²) in [5.41, 5.74) is 5.74. The van der Waals surface area contributed by atoms with Gasteiger partial charge in [0.2, 0.25) is 0 Å². The van der Waals surface area contributed by atoms with Gasteiger partial charge in [-0.2, -0.15) is 0 Å². The third kappa shape index (κ3) is 5.61. The van der Waals surface area contributed by atoms with Crippen LogP contribution in [-0.4, -0.2) is 19.6 Å². The van der Waals surface area contributed by atoms with E-state index in [0.717, 1.165) is 24.9 Å². The summed E-state index contributed by atoms with van der Waals surface area (Å²) in [5, 5.41) is 3.53. The van der Waals surface area contributed by atoms with Crippen LogP contribution in [0.5, 0.6) is 0 Å². The van der Waals surface area contributed by atoms with E-state index < -0.39 is 0 Å². The molecule has 1 aliphatic rings. The molecule has 0 radical (unpaired) electrons. The van der Waals surface area contributed by atoms with Crippen LogP contribution in [0.4, 0.5) is 0 Å². The fraction of sp³-hybridized carbons (Fsp3) is 1.00. The van der Waals surface area contributed by atoms with E-state index >= 15 is 0 Å². The second-order valence-electron chi connectivity index (χ2n) is 5.17. The largest absolute Gasteiger partial charge is 0.330 e. The maximum absolute atomic E-state index is 5.74. The molecule has 0 heterocycles. The molecule has 0 aliphatic heterocycles. The predicted octanol–water partition coefficient (Wildman–Crippen LogP) is 2.00. The Hall–Kier alpha value is -0.0800. The zero-order valence-electron chi connectivity index (χ0n) is 9.76. The summed E-state index contributed by atoms with van der Waals surface area (Å²) in [6.07, 6.45) is 5.56. The lowest BCUT2D eigenvalue weighted by Gasteiger charge is -2.17. The zero-order chi connectivity index (χ0) is 10.4. The summed E-state index contributed by atoms with van der Waals surface area (Å²) >= 11 is 0. The molecular weight excluding hydrogens is 172 g/mol. The number of nitrogens with one attached hydrogen (secondary N) is 1. The average Bonchev–Trinajstić information content (AvgIpc) is 2.93. The van der Waals surface area contributed by atoms with Crippen LogP contribution in [0.3, 0.4) is 0 Å². The molecular formula is C12H26N2. The van der Waals surface area contributed by atoms with Crippen molar-refractivity contribution in [3.05, 3.63) is 0 Å².